The van der Waals surface area contributed by atoms with Crippen molar-refractivity contribution in [3.63, 3.8) is 0 Å². The molecule has 2 rings (SSSR count). The molecule has 1 heterocycles. The van der Waals surface area contributed by atoms with Gasteiger partial charge in [0, 0.05) is 12.1 Å². The first-order valence-electron chi connectivity index (χ1n) is 6.65. The molecule has 0 aliphatic rings. The van der Waals surface area contributed by atoms with Gasteiger partial charge in [0.2, 0.25) is 0 Å². The van der Waals surface area contributed by atoms with Gasteiger partial charge < -0.3 is 10.1 Å². The van der Waals surface area contributed by atoms with Crippen molar-refractivity contribution in [2.75, 3.05) is 12.4 Å². The van der Waals surface area contributed by atoms with Crippen LogP contribution in [0.5, 0.6) is 5.75 Å². The smallest absolute Gasteiger partial charge is 0.269 e. The predicted octanol–water partition coefficient (Wildman–Crippen LogP) is 2.88. The Morgan fingerprint density at radius 2 is 2.14 bits per heavy atom. The molecule has 0 fully saturated rings. The Labute approximate surface area is 132 Å². The number of methoxy groups -OCH3 is 1. The van der Waals surface area contributed by atoms with Crippen LogP contribution in [-0.2, 0) is 6.54 Å². The Morgan fingerprint density at radius 1 is 1.38 bits per heavy atom. The van der Waals surface area contributed by atoms with Gasteiger partial charge in [-0.05, 0) is 47.5 Å². The lowest BCUT2D eigenvalue weighted by atomic mass is 10.2. The lowest BCUT2D eigenvalue weighted by molar-refractivity contribution is 0.412. The van der Waals surface area contributed by atoms with E-state index >= 15 is 0 Å². The Balaban J connectivity index is 2.20. The number of nitrogens with zero attached hydrogens (tertiary/aromatic N) is 2. The number of hydrogen-bond donors (Lipinski definition) is 1. The number of rotatable bonds is 5. The predicted molar refractivity (Wildman–Crippen MR) is 87.1 cm³/mol. The van der Waals surface area contributed by atoms with E-state index in [1.165, 1.54) is 4.68 Å². The number of anilines is 1. The minimum atomic E-state index is -0.132. The fourth-order valence-electron chi connectivity index (χ4n) is 1.95. The molecule has 5 nitrogen and oxygen atoms in total. The van der Waals surface area contributed by atoms with Crippen molar-refractivity contribution in [3.8, 4) is 5.75 Å². The lowest BCUT2D eigenvalue weighted by Gasteiger charge is -2.11. The van der Waals surface area contributed by atoms with Crippen LogP contribution in [0.3, 0.4) is 0 Å². The first-order chi connectivity index (χ1) is 9.99. The van der Waals surface area contributed by atoms with E-state index in [9.17, 15) is 4.79 Å². The maximum atomic E-state index is 12.1. The Kier molecular flexibility index (Phi) is 5.01. The van der Waals surface area contributed by atoms with Crippen LogP contribution in [0.25, 0.3) is 0 Å². The highest BCUT2D eigenvalue weighted by Crippen LogP contribution is 2.25. The molecule has 112 valence electrons. The highest BCUT2D eigenvalue weighted by atomic mass is 79.9. The third-order valence-electron chi connectivity index (χ3n) is 2.87. The van der Waals surface area contributed by atoms with Crippen LogP contribution in [0.1, 0.15) is 19.4 Å². The van der Waals surface area contributed by atoms with Crippen molar-refractivity contribution < 1.29 is 4.74 Å². The molecule has 0 atom stereocenters. The summed E-state index contributed by atoms with van der Waals surface area (Å²) < 4.78 is 7.47. The van der Waals surface area contributed by atoms with E-state index in [-0.39, 0.29) is 11.6 Å². The molecule has 1 aromatic heterocycles. The van der Waals surface area contributed by atoms with Crippen molar-refractivity contribution in [1.29, 1.82) is 0 Å². The van der Waals surface area contributed by atoms with Gasteiger partial charge in [-0.25, -0.2) is 4.68 Å². The molecule has 1 N–H and O–H groups in total. The minimum absolute atomic E-state index is 0.132. The third-order valence-corrected chi connectivity index (χ3v) is 3.49. The van der Waals surface area contributed by atoms with Crippen LogP contribution in [0, 0.1) is 0 Å². The minimum Gasteiger partial charge on any atom is -0.496 e. The second-order valence-corrected chi connectivity index (χ2v) is 5.86. The van der Waals surface area contributed by atoms with Gasteiger partial charge in [-0.3, -0.25) is 4.79 Å². The molecule has 1 aromatic carbocycles. The molecular weight excluding hydrogens is 334 g/mol. The SMILES string of the molecule is COc1ccc(Cn2ncc(NC(C)C)cc2=O)cc1Br. The van der Waals surface area contributed by atoms with Gasteiger partial charge in [-0.15, -0.1) is 0 Å². The zero-order chi connectivity index (χ0) is 15.4. The third kappa shape index (κ3) is 4.07. The van der Waals surface area contributed by atoms with Crippen LogP contribution in [0.15, 0.2) is 39.7 Å². The number of ether oxygens (including phenoxy) is 1. The zero-order valence-corrected chi connectivity index (χ0v) is 13.8. The molecule has 6 heteroatoms. The first kappa shape index (κ1) is 15.6. The van der Waals surface area contributed by atoms with E-state index in [1.54, 1.807) is 19.4 Å². The summed E-state index contributed by atoms with van der Waals surface area (Å²) in [5.74, 6) is 0.760. The summed E-state index contributed by atoms with van der Waals surface area (Å²) in [5, 5.41) is 7.35. The van der Waals surface area contributed by atoms with E-state index < -0.39 is 0 Å². The zero-order valence-electron chi connectivity index (χ0n) is 12.3. The molecule has 0 radical (unpaired) electrons. The molecule has 0 aliphatic heterocycles. The number of halogens is 1. The highest BCUT2D eigenvalue weighted by Gasteiger charge is 2.05. The second-order valence-electron chi connectivity index (χ2n) is 5.01. The van der Waals surface area contributed by atoms with Gasteiger partial charge in [0.15, 0.2) is 0 Å². The van der Waals surface area contributed by atoms with Gasteiger partial charge in [0.1, 0.15) is 5.75 Å². The van der Waals surface area contributed by atoms with Crippen molar-refractivity contribution in [3.05, 3.63) is 50.9 Å². The number of nitrogens with one attached hydrogen (secondary N) is 1. The van der Waals surface area contributed by atoms with Crippen LogP contribution >= 0.6 is 15.9 Å². The maximum absolute atomic E-state index is 12.1. The maximum Gasteiger partial charge on any atom is 0.269 e. The Hall–Kier alpha value is -1.82. The fraction of sp³-hybridized carbons (Fsp3) is 0.333. The van der Waals surface area contributed by atoms with E-state index in [0.717, 1.165) is 21.5 Å². The van der Waals surface area contributed by atoms with Gasteiger partial charge in [-0.2, -0.15) is 5.10 Å². The molecule has 0 saturated carbocycles. The van der Waals surface area contributed by atoms with Crippen LogP contribution in [0.2, 0.25) is 0 Å². The van der Waals surface area contributed by atoms with Gasteiger partial charge in [0.05, 0.1) is 30.0 Å². The number of aromatic nitrogens is 2. The van der Waals surface area contributed by atoms with Crippen LogP contribution in [-0.4, -0.2) is 22.9 Å². The summed E-state index contributed by atoms with van der Waals surface area (Å²) in [4.78, 5) is 12.1. The molecule has 2 aromatic rings. The second kappa shape index (κ2) is 6.76. The summed E-state index contributed by atoms with van der Waals surface area (Å²) in [6.45, 7) is 4.45. The standard InChI is InChI=1S/C15H18BrN3O2/c1-10(2)18-12-7-15(20)19(17-8-12)9-11-4-5-14(21-3)13(16)6-11/h4-8,10,18H,9H2,1-3H3. The largest absolute Gasteiger partial charge is 0.496 e. The topological polar surface area (TPSA) is 56.1 Å². The molecule has 0 aliphatic carbocycles. The first-order valence-corrected chi connectivity index (χ1v) is 7.45. The van der Waals surface area contributed by atoms with E-state index in [2.05, 4.69) is 26.3 Å². The van der Waals surface area contributed by atoms with Crippen molar-refractivity contribution in [1.82, 2.24) is 9.78 Å². The molecule has 0 saturated heterocycles. The van der Waals surface area contributed by atoms with Crippen LogP contribution in [0.4, 0.5) is 5.69 Å². The van der Waals surface area contributed by atoms with E-state index in [4.69, 9.17) is 4.74 Å². The quantitative estimate of drug-likeness (QED) is 0.899. The molecular formula is C15H18BrN3O2. The van der Waals surface area contributed by atoms with Gasteiger partial charge in [0.25, 0.3) is 5.56 Å². The average Bonchev–Trinajstić information content (AvgIpc) is 2.41. The molecule has 21 heavy (non-hydrogen) atoms. The molecule has 0 bridgehead atoms. The summed E-state index contributed by atoms with van der Waals surface area (Å²) in [6, 6.07) is 7.52. The summed E-state index contributed by atoms with van der Waals surface area (Å²) in [5.41, 5.74) is 1.58. The normalized spacial score (nSPS) is 10.7. The summed E-state index contributed by atoms with van der Waals surface area (Å²) in [6.07, 6.45) is 1.67. The molecule has 0 spiro atoms. The fourth-order valence-corrected chi connectivity index (χ4v) is 2.53. The van der Waals surface area contributed by atoms with E-state index in [1.807, 2.05) is 32.0 Å². The molecule has 0 amide bonds. The monoisotopic (exact) mass is 351 g/mol. The highest BCUT2D eigenvalue weighted by molar-refractivity contribution is 9.10. The van der Waals surface area contributed by atoms with Gasteiger partial charge >= 0.3 is 0 Å². The van der Waals surface area contributed by atoms with Crippen molar-refractivity contribution >= 4 is 21.6 Å². The Bertz CT molecular complexity index is 683. The summed E-state index contributed by atoms with van der Waals surface area (Å²) in [7, 11) is 1.62. The van der Waals surface area contributed by atoms with Gasteiger partial charge in [-0.1, -0.05) is 6.07 Å². The lowest BCUT2D eigenvalue weighted by Crippen LogP contribution is -2.24. The van der Waals surface area contributed by atoms with Crippen molar-refractivity contribution in [2.24, 2.45) is 0 Å². The Morgan fingerprint density at radius 3 is 2.71 bits per heavy atom. The number of benzene rings is 1. The van der Waals surface area contributed by atoms with E-state index in [0.29, 0.717) is 6.54 Å². The molecule has 0 unspecified atom stereocenters. The van der Waals surface area contributed by atoms with Crippen LogP contribution < -0.4 is 15.6 Å². The average molecular weight is 352 g/mol. The van der Waals surface area contributed by atoms with Crippen molar-refractivity contribution in [2.45, 2.75) is 26.4 Å². The number of hydrogen-bond acceptors (Lipinski definition) is 4. The summed E-state index contributed by atoms with van der Waals surface area (Å²) >= 11 is 3.44.